The van der Waals surface area contributed by atoms with E-state index in [0.29, 0.717) is 23.7 Å². The van der Waals surface area contributed by atoms with Gasteiger partial charge in [0.2, 0.25) is 0 Å². The van der Waals surface area contributed by atoms with Crippen molar-refractivity contribution in [1.82, 2.24) is 4.98 Å². The lowest BCUT2D eigenvalue weighted by Crippen LogP contribution is -1.98. The van der Waals surface area contributed by atoms with Crippen LogP contribution < -0.4 is 14.2 Å². The fraction of sp³-hybridized carbons (Fsp3) is 0.130. The molecule has 3 aromatic rings. The number of hydrogen-bond donors (Lipinski definition) is 0. The van der Waals surface area contributed by atoms with Crippen molar-refractivity contribution >= 4 is 11.9 Å². The summed E-state index contributed by atoms with van der Waals surface area (Å²) >= 11 is 0. The second-order valence-electron chi connectivity index (χ2n) is 5.95. The third-order valence-electron chi connectivity index (χ3n) is 4.09. The Balaban J connectivity index is 1.61. The first-order valence-corrected chi connectivity index (χ1v) is 8.77. The lowest BCUT2D eigenvalue weighted by atomic mass is 10.1. The second-order valence-corrected chi connectivity index (χ2v) is 5.95. The molecule has 0 atom stereocenters. The highest BCUT2D eigenvalue weighted by Gasteiger charge is 2.08. The van der Waals surface area contributed by atoms with Crippen LogP contribution in [0.1, 0.15) is 21.6 Å². The van der Waals surface area contributed by atoms with E-state index < -0.39 is 0 Å². The molecule has 2 aromatic carbocycles. The molecule has 0 saturated heterocycles. The van der Waals surface area contributed by atoms with E-state index in [9.17, 15) is 4.79 Å². The van der Waals surface area contributed by atoms with E-state index in [-0.39, 0.29) is 5.78 Å². The number of methoxy groups -OCH3 is 2. The fourth-order valence-electron chi connectivity index (χ4n) is 2.57. The number of hydrogen-bond acceptors (Lipinski definition) is 5. The van der Waals surface area contributed by atoms with Gasteiger partial charge in [0.1, 0.15) is 12.4 Å². The van der Waals surface area contributed by atoms with Gasteiger partial charge in [-0.3, -0.25) is 9.78 Å². The van der Waals surface area contributed by atoms with Gasteiger partial charge in [-0.1, -0.05) is 24.3 Å². The molecule has 0 aliphatic rings. The first-order valence-electron chi connectivity index (χ1n) is 8.77. The zero-order chi connectivity index (χ0) is 19.8. The lowest BCUT2D eigenvalue weighted by Gasteiger charge is -2.08. The van der Waals surface area contributed by atoms with Crippen LogP contribution >= 0.6 is 0 Å². The average molecular weight is 375 g/mol. The Morgan fingerprint density at radius 2 is 1.75 bits per heavy atom. The van der Waals surface area contributed by atoms with E-state index in [1.807, 2.05) is 42.5 Å². The largest absolute Gasteiger partial charge is 0.493 e. The Hall–Kier alpha value is -3.60. The average Bonchev–Trinajstić information content (AvgIpc) is 2.77. The highest BCUT2D eigenvalue weighted by atomic mass is 16.5. The molecule has 5 nitrogen and oxygen atoms in total. The molecule has 0 saturated carbocycles. The molecule has 0 spiro atoms. The predicted molar refractivity (Wildman–Crippen MR) is 108 cm³/mol. The van der Waals surface area contributed by atoms with Crippen LogP contribution in [0.2, 0.25) is 0 Å². The van der Waals surface area contributed by atoms with Crippen molar-refractivity contribution in [2.24, 2.45) is 0 Å². The third-order valence-corrected chi connectivity index (χ3v) is 4.09. The number of rotatable bonds is 8. The van der Waals surface area contributed by atoms with E-state index in [0.717, 1.165) is 17.0 Å². The number of carbonyl (C=O) groups excluding carboxylic acids is 1. The monoisotopic (exact) mass is 375 g/mol. The van der Waals surface area contributed by atoms with Gasteiger partial charge < -0.3 is 14.2 Å². The second kappa shape index (κ2) is 9.37. The number of pyridine rings is 1. The number of aromatic nitrogens is 1. The molecule has 1 aromatic heterocycles. The van der Waals surface area contributed by atoms with Crippen LogP contribution in [0, 0.1) is 0 Å². The molecule has 0 N–H and O–H groups in total. The summed E-state index contributed by atoms with van der Waals surface area (Å²) in [6, 6.07) is 18.3. The van der Waals surface area contributed by atoms with Crippen LogP contribution in [0.4, 0.5) is 0 Å². The number of benzene rings is 2. The molecule has 142 valence electrons. The summed E-state index contributed by atoms with van der Waals surface area (Å²) in [4.78, 5) is 16.6. The smallest absolute Gasteiger partial charge is 0.185 e. The Bertz CT molecular complexity index is 950. The predicted octanol–water partition coefficient (Wildman–Crippen LogP) is 4.57. The number of nitrogens with zero attached hydrogens (tertiary/aromatic N) is 1. The summed E-state index contributed by atoms with van der Waals surface area (Å²) in [6.45, 7) is 0.411. The van der Waals surface area contributed by atoms with E-state index in [2.05, 4.69) is 4.98 Å². The van der Waals surface area contributed by atoms with Crippen LogP contribution in [-0.4, -0.2) is 25.0 Å². The van der Waals surface area contributed by atoms with Crippen LogP contribution in [0.15, 0.2) is 72.9 Å². The maximum Gasteiger partial charge on any atom is 0.185 e. The zero-order valence-electron chi connectivity index (χ0n) is 15.8. The van der Waals surface area contributed by atoms with Gasteiger partial charge in [0.25, 0.3) is 0 Å². The normalized spacial score (nSPS) is 10.6. The first kappa shape index (κ1) is 19.2. The van der Waals surface area contributed by atoms with Crippen molar-refractivity contribution in [2.75, 3.05) is 14.2 Å². The van der Waals surface area contributed by atoms with Crippen molar-refractivity contribution in [3.63, 3.8) is 0 Å². The summed E-state index contributed by atoms with van der Waals surface area (Å²) in [5, 5.41) is 0. The molecular weight excluding hydrogens is 354 g/mol. The third kappa shape index (κ3) is 4.98. The molecule has 3 rings (SSSR count). The molecule has 0 amide bonds. The molecule has 0 aliphatic heterocycles. The number of ketones is 1. The minimum atomic E-state index is -0.114. The Morgan fingerprint density at radius 3 is 2.43 bits per heavy atom. The molecule has 0 unspecified atom stereocenters. The van der Waals surface area contributed by atoms with Crippen LogP contribution in [0.5, 0.6) is 17.2 Å². The number of ether oxygens (including phenoxy) is 3. The molecule has 28 heavy (non-hydrogen) atoms. The standard InChI is InChI=1S/C23H21NO4/c1-26-22-13-9-18(15-23(22)27-2)21(25)12-8-17-6-10-20(11-7-17)28-16-19-5-3-4-14-24-19/h3-15H,16H2,1-2H3/b12-8+. The highest BCUT2D eigenvalue weighted by Crippen LogP contribution is 2.27. The van der Waals surface area contributed by atoms with Crippen molar-refractivity contribution in [2.45, 2.75) is 6.61 Å². The van der Waals surface area contributed by atoms with Gasteiger partial charge >= 0.3 is 0 Å². The topological polar surface area (TPSA) is 57.7 Å². The summed E-state index contributed by atoms with van der Waals surface area (Å²) in [5.41, 5.74) is 2.30. The van der Waals surface area contributed by atoms with Crippen LogP contribution in [0.25, 0.3) is 6.08 Å². The molecule has 0 bridgehead atoms. The van der Waals surface area contributed by atoms with Gasteiger partial charge in [-0.25, -0.2) is 0 Å². The number of allylic oxidation sites excluding steroid dienone is 1. The summed E-state index contributed by atoms with van der Waals surface area (Å²) in [6.07, 6.45) is 5.04. The summed E-state index contributed by atoms with van der Waals surface area (Å²) in [7, 11) is 3.10. The maximum absolute atomic E-state index is 12.4. The molecule has 0 aliphatic carbocycles. The van der Waals surface area contributed by atoms with E-state index in [1.54, 1.807) is 44.7 Å². The first-order chi connectivity index (χ1) is 13.7. The quantitative estimate of drug-likeness (QED) is 0.426. The van der Waals surface area contributed by atoms with Crippen molar-refractivity contribution in [3.8, 4) is 17.2 Å². The molecule has 0 radical (unpaired) electrons. The van der Waals surface area contributed by atoms with Crippen molar-refractivity contribution in [1.29, 1.82) is 0 Å². The Kier molecular flexibility index (Phi) is 6.41. The summed E-state index contributed by atoms with van der Waals surface area (Å²) in [5.74, 6) is 1.74. The molecule has 0 fully saturated rings. The minimum absolute atomic E-state index is 0.114. The SMILES string of the molecule is COc1ccc(C(=O)/C=C/c2ccc(OCc3ccccn3)cc2)cc1OC. The fourth-order valence-corrected chi connectivity index (χ4v) is 2.57. The van der Waals surface area contributed by atoms with Gasteiger partial charge in [0.15, 0.2) is 17.3 Å². The van der Waals surface area contributed by atoms with E-state index >= 15 is 0 Å². The molecule has 1 heterocycles. The summed E-state index contributed by atoms with van der Waals surface area (Å²) < 4.78 is 16.1. The van der Waals surface area contributed by atoms with Crippen molar-refractivity contribution in [3.05, 3.63) is 89.8 Å². The maximum atomic E-state index is 12.4. The van der Waals surface area contributed by atoms with E-state index in [4.69, 9.17) is 14.2 Å². The molecular formula is C23H21NO4. The Labute approximate surface area is 164 Å². The van der Waals surface area contributed by atoms with Gasteiger partial charge in [-0.05, 0) is 54.1 Å². The molecule has 5 heteroatoms. The van der Waals surface area contributed by atoms with Crippen LogP contribution in [-0.2, 0) is 6.61 Å². The lowest BCUT2D eigenvalue weighted by molar-refractivity contribution is 0.104. The number of carbonyl (C=O) groups is 1. The van der Waals surface area contributed by atoms with Gasteiger partial charge in [-0.2, -0.15) is 0 Å². The highest BCUT2D eigenvalue weighted by molar-refractivity contribution is 6.07. The van der Waals surface area contributed by atoms with Crippen LogP contribution in [0.3, 0.4) is 0 Å². The minimum Gasteiger partial charge on any atom is -0.493 e. The van der Waals surface area contributed by atoms with Gasteiger partial charge in [-0.15, -0.1) is 0 Å². The van der Waals surface area contributed by atoms with Gasteiger partial charge in [0, 0.05) is 11.8 Å². The van der Waals surface area contributed by atoms with E-state index in [1.165, 1.54) is 6.08 Å². The van der Waals surface area contributed by atoms with Crippen molar-refractivity contribution < 1.29 is 19.0 Å². The Morgan fingerprint density at radius 1 is 0.964 bits per heavy atom. The van der Waals surface area contributed by atoms with Gasteiger partial charge in [0.05, 0.1) is 19.9 Å². The zero-order valence-corrected chi connectivity index (χ0v) is 15.8.